The highest BCUT2D eigenvalue weighted by molar-refractivity contribution is 5.92. The molecule has 0 aromatic carbocycles. The van der Waals surface area contributed by atoms with Crippen LogP contribution in [-0.2, 0) is 7.05 Å². The third kappa shape index (κ3) is 3.47. The molecule has 3 aromatic rings. The quantitative estimate of drug-likeness (QED) is 0.761. The van der Waals surface area contributed by atoms with Crippen molar-refractivity contribution in [1.29, 1.82) is 0 Å². The Kier molecular flexibility index (Phi) is 4.47. The van der Waals surface area contributed by atoms with Crippen LogP contribution in [0.25, 0.3) is 10.9 Å². The lowest BCUT2D eigenvalue weighted by molar-refractivity contribution is 0.0925. The fourth-order valence-corrected chi connectivity index (χ4v) is 3.48. The number of fused-ring (bicyclic) bond motifs is 1. The van der Waals surface area contributed by atoms with Gasteiger partial charge in [-0.25, -0.2) is 9.97 Å². The summed E-state index contributed by atoms with van der Waals surface area (Å²) in [7, 11) is 1.84. The van der Waals surface area contributed by atoms with E-state index in [-0.39, 0.29) is 11.9 Å². The van der Waals surface area contributed by atoms with Crippen LogP contribution >= 0.6 is 0 Å². The maximum absolute atomic E-state index is 12.4. The summed E-state index contributed by atoms with van der Waals surface area (Å²) in [6.45, 7) is 5.50. The van der Waals surface area contributed by atoms with Gasteiger partial charge in [0.05, 0.1) is 11.7 Å². The number of hydrogen-bond donors (Lipinski definition) is 1. The third-order valence-electron chi connectivity index (χ3n) is 5.07. The minimum absolute atomic E-state index is 0.105. The van der Waals surface area contributed by atoms with Gasteiger partial charge >= 0.3 is 0 Å². The number of hydrogen-bond acceptors (Lipinski definition) is 6. The van der Waals surface area contributed by atoms with Crippen molar-refractivity contribution in [3.05, 3.63) is 41.7 Å². The average molecular weight is 365 g/mol. The summed E-state index contributed by atoms with van der Waals surface area (Å²) in [5.74, 6) is 1.59. The second kappa shape index (κ2) is 6.94. The van der Waals surface area contributed by atoms with Crippen LogP contribution in [0.2, 0.25) is 0 Å². The van der Waals surface area contributed by atoms with E-state index in [1.807, 2.05) is 33.0 Å². The van der Waals surface area contributed by atoms with Gasteiger partial charge in [0.2, 0.25) is 0 Å². The van der Waals surface area contributed by atoms with Crippen molar-refractivity contribution >= 4 is 22.6 Å². The summed E-state index contributed by atoms with van der Waals surface area (Å²) < 4.78 is 1.72. The van der Waals surface area contributed by atoms with Gasteiger partial charge in [-0.15, -0.1) is 0 Å². The van der Waals surface area contributed by atoms with Crippen molar-refractivity contribution in [2.24, 2.45) is 7.05 Å². The fourth-order valence-electron chi connectivity index (χ4n) is 3.48. The molecule has 8 nitrogen and oxygen atoms in total. The largest absolute Gasteiger partial charge is 0.356 e. The van der Waals surface area contributed by atoms with Gasteiger partial charge in [-0.05, 0) is 38.8 Å². The smallest absolute Gasteiger partial charge is 0.272 e. The number of nitrogens with zero attached hydrogens (tertiary/aromatic N) is 6. The Hall–Kier alpha value is -3.03. The van der Waals surface area contributed by atoms with Gasteiger partial charge in [0.25, 0.3) is 5.91 Å². The molecule has 0 radical (unpaired) electrons. The SMILES string of the molecule is Cc1nc(N2CCC(NC(=O)c3cc(C)n(C)n3)CC2)c2ccncc2n1. The van der Waals surface area contributed by atoms with E-state index in [0.29, 0.717) is 5.69 Å². The van der Waals surface area contributed by atoms with Crippen LogP contribution < -0.4 is 10.2 Å². The number of aromatic nitrogens is 5. The predicted molar refractivity (Wildman–Crippen MR) is 103 cm³/mol. The molecule has 1 amide bonds. The van der Waals surface area contributed by atoms with Gasteiger partial charge in [-0.1, -0.05) is 0 Å². The molecule has 4 rings (SSSR count). The molecule has 0 atom stereocenters. The molecule has 1 aliphatic heterocycles. The Labute approximate surface area is 157 Å². The highest BCUT2D eigenvalue weighted by Gasteiger charge is 2.24. The van der Waals surface area contributed by atoms with Gasteiger partial charge in [0, 0.05) is 43.5 Å². The van der Waals surface area contributed by atoms with Gasteiger partial charge in [0.1, 0.15) is 17.3 Å². The Balaban J connectivity index is 1.44. The number of rotatable bonds is 3. The lowest BCUT2D eigenvalue weighted by Crippen LogP contribution is -2.45. The monoisotopic (exact) mass is 365 g/mol. The molecule has 0 spiro atoms. The van der Waals surface area contributed by atoms with E-state index in [0.717, 1.165) is 54.2 Å². The predicted octanol–water partition coefficient (Wildman–Crippen LogP) is 1.77. The van der Waals surface area contributed by atoms with Crippen molar-refractivity contribution in [3.8, 4) is 0 Å². The molecule has 3 aromatic heterocycles. The normalized spacial score (nSPS) is 15.3. The van der Waals surface area contributed by atoms with E-state index in [1.54, 1.807) is 17.1 Å². The summed E-state index contributed by atoms with van der Waals surface area (Å²) >= 11 is 0. The number of carbonyl (C=O) groups excluding carboxylic acids is 1. The van der Waals surface area contributed by atoms with Gasteiger partial charge in [-0.3, -0.25) is 14.5 Å². The Morgan fingerprint density at radius 2 is 2.00 bits per heavy atom. The van der Waals surface area contributed by atoms with Crippen molar-refractivity contribution in [1.82, 2.24) is 30.0 Å². The zero-order chi connectivity index (χ0) is 19.0. The molecule has 0 bridgehead atoms. The minimum Gasteiger partial charge on any atom is -0.356 e. The molecule has 0 saturated carbocycles. The second-order valence-electron chi connectivity index (χ2n) is 7.02. The maximum Gasteiger partial charge on any atom is 0.272 e. The molecule has 1 N–H and O–H groups in total. The number of aryl methyl sites for hydroxylation is 3. The summed E-state index contributed by atoms with van der Waals surface area (Å²) in [4.78, 5) is 28.0. The van der Waals surface area contributed by atoms with Crippen molar-refractivity contribution in [2.45, 2.75) is 32.7 Å². The van der Waals surface area contributed by atoms with Gasteiger partial charge in [0.15, 0.2) is 0 Å². The third-order valence-corrected chi connectivity index (χ3v) is 5.07. The van der Waals surface area contributed by atoms with Crippen molar-refractivity contribution < 1.29 is 4.79 Å². The van der Waals surface area contributed by atoms with E-state index in [4.69, 9.17) is 0 Å². The van der Waals surface area contributed by atoms with Crippen LogP contribution in [0, 0.1) is 13.8 Å². The highest BCUT2D eigenvalue weighted by atomic mass is 16.2. The van der Waals surface area contributed by atoms with E-state index >= 15 is 0 Å². The molecular formula is C19H23N7O. The van der Waals surface area contributed by atoms with Gasteiger partial charge in [-0.2, -0.15) is 5.10 Å². The highest BCUT2D eigenvalue weighted by Crippen LogP contribution is 2.26. The standard InChI is InChI=1S/C19H23N7O/c1-12-10-16(24-25(12)3)19(27)23-14-5-8-26(9-6-14)18-15-4-7-20-11-17(15)21-13(2)22-18/h4,7,10-11,14H,5-6,8-9H2,1-3H3,(H,23,27). The summed E-state index contributed by atoms with van der Waals surface area (Å²) in [5, 5.41) is 8.38. The molecule has 4 heterocycles. The lowest BCUT2D eigenvalue weighted by atomic mass is 10.0. The van der Waals surface area contributed by atoms with Gasteiger partial charge < -0.3 is 10.2 Å². The van der Waals surface area contributed by atoms with E-state index in [1.165, 1.54) is 0 Å². The molecule has 27 heavy (non-hydrogen) atoms. The Bertz CT molecular complexity index is 969. The van der Waals surface area contributed by atoms with Crippen molar-refractivity contribution in [3.63, 3.8) is 0 Å². The average Bonchev–Trinajstić information content (AvgIpc) is 3.00. The van der Waals surface area contributed by atoms with Crippen LogP contribution in [-0.4, -0.2) is 49.8 Å². The van der Waals surface area contributed by atoms with Crippen LogP contribution in [0.15, 0.2) is 24.5 Å². The first-order valence-electron chi connectivity index (χ1n) is 9.16. The Morgan fingerprint density at radius 3 is 2.70 bits per heavy atom. The van der Waals surface area contributed by atoms with Crippen LogP contribution in [0.1, 0.15) is 34.8 Å². The number of anilines is 1. The summed E-state index contributed by atoms with van der Waals surface area (Å²) in [5.41, 5.74) is 2.30. The molecule has 140 valence electrons. The summed E-state index contributed by atoms with van der Waals surface area (Å²) in [6, 6.07) is 3.92. The van der Waals surface area contributed by atoms with Crippen LogP contribution in [0.5, 0.6) is 0 Å². The summed E-state index contributed by atoms with van der Waals surface area (Å²) in [6.07, 6.45) is 5.28. The topological polar surface area (TPSA) is 88.8 Å². The number of nitrogens with one attached hydrogen (secondary N) is 1. The zero-order valence-electron chi connectivity index (χ0n) is 15.8. The zero-order valence-corrected chi connectivity index (χ0v) is 15.8. The number of carbonyl (C=O) groups is 1. The number of pyridine rings is 1. The molecular weight excluding hydrogens is 342 g/mol. The van der Waals surface area contributed by atoms with Crippen molar-refractivity contribution in [2.75, 3.05) is 18.0 Å². The molecule has 0 unspecified atom stereocenters. The van der Waals surface area contributed by atoms with Crippen LogP contribution in [0.4, 0.5) is 5.82 Å². The first kappa shape index (κ1) is 17.4. The second-order valence-corrected chi connectivity index (χ2v) is 7.02. The number of amides is 1. The van der Waals surface area contributed by atoms with E-state index < -0.39 is 0 Å². The number of piperidine rings is 1. The molecule has 1 fully saturated rings. The van der Waals surface area contributed by atoms with Crippen LogP contribution in [0.3, 0.4) is 0 Å². The molecule has 0 aliphatic carbocycles. The fraction of sp³-hybridized carbons (Fsp3) is 0.421. The first-order chi connectivity index (χ1) is 13.0. The molecule has 8 heteroatoms. The molecule has 1 saturated heterocycles. The first-order valence-corrected chi connectivity index (χ1v) is 9.16. The van der Waals surface area contributed by atoms with E-state index in [9.17, 15) is 4.79 Å². The lowest BCUT2D eigenvalue weighted by Gasteiger charge is -2.33. The minimum atomic E-state index is -0.105. The van der Waals surface area contributed by atoms with E-state index in [2.05, 4.69) is 30.3 Å². The molecule has 1 aliphatic rings. The Morgan fingerprint density at radius 1 is 1.22 bits per heavy atom. The maximum atomic E-state index is 12.4.